The zero-order valence-corrected chi connectivity index (χ0v) is 14.7. The smallest absolute Gasteiger partial charge is 0.363 e. The number of carbonyl (C=O) groups excluding carboxylic acids is 1. The lowest BCUT2D eigenvalue weighted by molar-refractivity contribution is -0.129. The van der Waals surface area contributed by atoms with Gasteiger partial charge in [0, 0.05) is 16.1 Å². The molecule has 0 bridgehead atoms. The van der Waals surface area contributed by atoms with Gasteiger partial charge in [0.25, 0.3) is 0 Å². The summed E-state index contributed by atoms with van der Waals surface area (Å²) in [5.74, 6) is 1.04. The van der Waals surface area contributed by atoms with Gasteiger partial charge >= 0.3 is 5.97 Å². The minimum Gasteiger partial charge on any atom is -0.497 e. The number of esters is 1. The first-order valence-corrected chi connectivity index (χ1v) is 7.90. The van der Waals surface area contributed by atoms with Crippen LogP contribution in [0.1, 0.15) is 11.1 Å². The third-order valence-electron chi connectivity index (χ3n) is 3.37. The van der Waals surface area contributed by atoms with E-state index in [1.165, 1.54) is 0 Å². The third kappa shape index (κ3) is 3.49. The minimum atomic E-state index is -0.494. The SMILES string of the molecule is COc1cc(/C=C2/N=C(c3cccc(Br)c3)OC2=O)cc(OC)c1. The molecule has 1 heterocycles. The summed E-state index contributed by atoms with van der Waals surface area (Å²) in [6.07, 6.45) is 1.64. The number of cyclic esters (lactones) is 1. The molecule has 0 spiro atoms. The molecule has 6 heteroatoms. The van der Waals surface area contributed by atoms with Crippen LogP contribution in [0, 0.1) is 0 Å². The first-order chi connectivity index (χ1) is 11.6. The molecule has 0 saturated heterocycles. The molecule has 0 aromatic heterocycles. The summed E-state index contributed by atoms with van der Waals surface area (Å²) in [7, 11) is 3.14. The molecule has 122 valence electrons. The second-order valence-electron chi connectivity index (χ2n) is 4.99. The number of methoxy groups -OCH3 is 2. The molecule has 3 rings (SSSR count). The maximum Gasteiger partial charge on any atom is 0.363 e. The Bertz CT molecular complexity index is 836. The van der Waals surface area contributed by atoms with Crippen molar-refractivity contribution in [3.05, 3.63) is 63.8 Å². The van der Waals surface area contributed by atoms with E-state index in [4.69, 9.17) is 14.2 Å². The van der Waals surface area contributed by atoms with Crippen molar-refractivity contribution in [3.8, 4) is 11.5 Å². The zero-order chi connectivity index (χ0) is 17.1. The molecule has 1 aliphatic heterocycles. The maximum absolute atomic E-state index is 12.1. The summed E-state index contributed by atoms with van der Waals surface area (Å²) >= 11 is 3.39. The molecule has 0 amide bonds. The van der Waals surface area contributed by atoms with Gasteiger partial charge in [-0.2, -0.15) is 0 Å². The molecule has 24 heavy (non-hydrogen) atoms. The Morgan fingerprint density at radius 1 is 1.08 bits per heavy atom. The van der Waals surface area contributed by atoms with Gasteiger partial charge in [0.15, 0.2) is 5.70 Å². The van der Waals surface area contributed by atoms with Gasteiger partial charge in [0.2, 0.25) is 5.90 Å². The predicted molar refractivity (Wildman–Crippen MR) is 94.3 cm³/mol. The number of benzene rings is 2. The van der Waals surface area contributed by atoms with Crippen LogP contribution in [0.25, 0.3) is 6.08 Å². The molecule has 1 aliphatic rings. The number of carbonyl (C=O) groups is 1. The number of hydrogen-bond donors (Lipinski definition) is 0. The lowest BCUT2D eigenvalue weighted by Gasteiger charge is -2.05. The molecule has 0 fully saturated rings. The Morgan fingerprint density at radius 2 is 1.79 bits per heavy atom. The number of nitrogens with zero attached hydrogens (tertiary/aromatic N) is 1. The van der Waals surface area contributed by atoms with Crippen LogP contribution in [0.5, 0.6) is 11.5 Å². The van der Waals surface area contributed by atoms with E-state index in [1.54, 1.807) is 38.5 Å². The number of ether oxygens (including phenoxy) is 3. The monoisotopic (exact) mass is 387 g/mol. The van der Waals surface area contributed by atoms with Crippen molar-refractivity contribution in [2.75, 3.05) is 14.2 Å². The molecule has 0 unspecified atom stereocenters. The lowest BCUT2D eigenvalue weighted by atomic mass is 10.1. The largest absolute Gasteiger partial charge is 0.497 e. The molecule has 0 atom stereocenters. The highest BCUT2D eigenvalue weighted by molar-refractivity contribution is 9.10. The topological polar surface area (TPSA) is 57.1 Å². The van der Waals surface area contributed by atoms with Crippen LogP contribution < -0.4 is 9.47 Å². The van der Waals surface area contributed by atoms with E-state index in [9.17, 15) is 4.79 Å². The van der Waals surface area contributed by atoms with Gasteiger partial charge in [-0.15, -0.1) is 0 Å². The van der Waals surface area contributed by atoms with Crippen molar-refractivity contribution in [1.82, 2.24) is 0 Å². The highest BCUT2D eigenvalue weighted by atomic mass is 79.9. The quantitative estimate of drug-likeness (QED) is 0.591. The summed E-state index contributed by atoms with van der Waals surface area (Å²) in [6, 6.07) is 12.7. The van der Waals surface area contributed by atoms with Crippen molar-refractivity contribution in [1.29, 1.82) is 0 Å². The standard InChI is InChI=1S/C18H14BrNO4/c1-22-14-6-11(7-15(10-14)23-2)8-16-18(21)24-17(20-16)12-4-3-5-13(19)9-12/h3-10H,1-2H3/b16-8+. The Hall–Kier alpha value is -2.60. The summed E-state index contributed by atoms with van der Waals surface area (Å²) in [5.41, 5.74) is 1.68. The zero-order valence-electron chi connectivity index (χ0n) is 13.1. The van der Waals surface area contributed by atoms with Gasteiger partial charge in [0.05, 0.1) is 14.2 Å². The number of rotatable bonds is 4. The van der Waals surface area contributed by atoms with E-state index >= 15 is 0 Å². The van der Waals surface area contributed by atoms with Gasteiger partial charge in [-0.3, -0.25) is 0 Å². The molecule has 0 saturated carbocycles. The second kappa shape index (κ2) is 6.88. The van der Waals surface area contributed by atoms with E-state index < -0.39 is 5.97 Å². The maximum atomic E-state index is 12.1. The molecule has 2 aromatic rings. The fourth-order valence-corrected chi connectivity index (χ4v) is 2.62. The Kier molecular flexibility index (Phi) is 4.66. The molecular formula is C18H14BrNO4. The normalized spacial score (nSPS) is 15.2. The van der Waals surface area contributed by atoms with Crippen molar-refractivity contribution < 1.29 is 19.0 Å². The first kappa shape index (κ1) is 16.3. The summed E-state index contributed by atoms with van der Waals surface area (Å²) in [5, 5.41) is 0. The molecule has 0 radical (unpaired) electrons. The van der Waals surface area contributed by atoms with Gasteiger partial charge in [-0.25, -0.2) is 9.79 Å². The number of aliphatic imine (C=N–C) groups is 1. The lowest BCUT2D eigenvalue weighted by Crippen LogP contribution is -2.05. The predicted octanol–water partition coefficient (Wildman–Crippen LogP) is 3.81. The van der Waals surface area contributed by atoms with Crippen molar-refractivity contribution >= 4 is 33.9 Å². The number of hydrogen-bond acceptors (Lipinski definition) is 5. The minimum absolute atomic E-state index is 0.222. The van der Waals surface area contributed by atoms with Crippen LogP contribution in [0.3, 0.4) is 0 Å². The fourth-order valence-electron chi connectivity index (χ4n) is 2.22. The van der Waals surface area contributed by atoms with E-state index in [1.807, 2.05) is 24.3 Å². The Balaban J connectivity index is 1.97. The second-order valence-corrected chi connectivity index (χ2v) is 5.91. The van der Waals surface area contributed by atoms with Gasteiger partial charge < -0.3 is 14.2 Å². The third-order valence-corrected chi connectivity index (χ3v) is 3.86. The first-order valence-electron chi connectivity index (χ1n) is 7.10. The molecular weight excluding hydrogens is 374 g/mol. The van der Waals surface area contributed by atoms with Gasteiger partial charge in [0.1, 0.15) is 11.5 Å². The molecule has 2 aromatic carbocycles. The van der Waals surface area contributed by atoms with Crippen LogP contribution in [-0.4, -0.2) is 26.1 Å². The van der Waals surface area contributed by atoms with Gasteiger partial charge in [-0.05, 0) is 42.0 Å². The van der Waals surface area contributed by atoms with Crippen LogP contribution in [0.2, 0.25) is 0 Å². The fraction of sp³-hybridized carbons (Fsp3) is 0.111. The van der Waals surface area contributed by atoms with Gasteiger partial charge in [-0.1, -0.05) is 22.0 Å². The summed E-state index contributed by atoms with van der Waals surface area (Å²) in [6.45, 7) is 0. The Labute approximate surface area is 147 Å². The molecule has 0 aliphatic carbocycles. The van der Waals surface area contributed by atoms with E-state index in [-0.39, 0.29) is 11.6 Å². The van der Waals surface area contributed by atoms with Crippen LogP contribution in [0.4, 0.5) is 0 Å². The average Bonchev–Trinajstić information content (AvgIpc) is 2.95. The molecule has 5 nitrogen and oxygen atoms in total. The van der Waals surface area contributed by atoms with E-state index in [0.29, 0.717) is 11.5 Å². The Morgan fingerprint density at radius 3 is 2.42 bits per heavy atom. The number of halogens is 1. The highest BCUT2D eigenvalue weighted by Gasteiger charge is 2.24. The van der Waals surface area contributed by atoms with Crippen LogP contribution in [-0.2, 0) is 9.53 Å². The van der Waals surface area contributed by atoms with Crippen molar-refractivity contribution in [2.45, 2.75) is 0 Å². The van der Waals surface area contributed by atoms with Crippen LogP contribution in [0.15, 0.2) is 57.6 Å². The summed E-state index contributed by atoms with van der Waals surface area (Å²) < 4.78 is 16.6. The van der Waals surface area contributed by atoms with E-state index in [0.717, 1.165) is 15.6 Å². The van der Waals surface area contributed by atoms with Crippen molar-refractivity contribution in [2.24, 2.45) is 4.99 Å². The van der Waals surface area contributed by atoms with Crippen molar-refractivity contribution in [3.63, 3.8) is 0 Å². The average molecular weight is 388 g/mol. The van der Waals surface area contributed by atoms with E-state index in [2.05, 4.69) is 20.9 Å². The summed E-state index contributed by atoms with van der Waals surface area (Å²) in [4.78, 5) is 16.4. The van der Waals surface area contributed by atoms with Crippen LogP contribution >= 0.6 is 15.9 Å². The highest BCUT2D eigenvalue weighted by Crippen LogP contribution is 2.26. The molecule has 0 N–H and O–H groups in total.